The molecule has 1 fully saturated rings. The van der Waals surface area contributed by atoms with Gasteiger partial charge in [0.2, 0.25) is 5.91 Å². The number of hydrogen-bond donors (Lipinski definition) is 2. The van der Waals surface area contributed by atoms with Crippen molar-refractivity contribution in [3.05, 3.63) is 54.4 Å². The molecule has 1 unspecified atom stereocenters. The molecule has 6 heteroatoms. The third-order valence-electron chi connectivity index (χ3n) is 4.12. The number of benzene rings is 1. The summed E-state index contributed by atoms with van der Waals surface area (Å²) in [4.78, 5) is 20.0. The van der Waals surface area contributed by atoms with E-state index in [1.807, 2.05) is 42.8 Å². The first-order valence-corrected chi connectivity index (χ1v) is 9.27. The summed E-state index contributed by atoms with van der Waals surface area (Å²) in [6.07, 6.45) is 5.68. The summed E-state index contributed by atoms with van der Waals surface area (Å²) in [5.41, 5.74) is 1.99. The van der Waals surface area contributed by atoms with Gasteiger partial charge in [0.05, 0.1) is 6.54 Å². The van der Waals surface area contributed by atoms with E-state index in [0.717, 1.165) is 35.8 Å². The van der Waals surface area contributed by atoms with Gasteiger partial charge >= 0.3 is 0 Å². The van der Waals surface area contributed by atoms with E-state index in [-0.39, 0.29) is 11.9 Å². The number of nitrogens with zero attached hydrogens (tertiary/aromatic N) is 2. The Kier molecular flexibility index (Phi) is 5.85. The lowest BCUT2D eigenvalue weighted by Gasteiger charge is -2.35. The topological polar surface area (TPSA) is 57.3 Å². The standard InChI is InChI=1S/C18H22N4OS/c1-24-16-6-2-5-15(10-16)21-18(23)13-22-9-8-20-12-17(22)14-4-3-7-19-11-14/h2-7,10-11,17,20H,8-9,12-13H2,1H3,(H,21,23). The summed E-state index contributed by atoms with van der Waals surface area (Å²) < 4.78 is 0. The molecule has 126 valence electrons. The largest absolute Gasteiger partial charge is 0.325 e. The van der Waals surface area contributed by atoms with Crippen LogP contribution in [0.25, 0.3) is 0 Å². The highest BCUT2D eigenvalue weighted by Gasteiger charge is 2.25. The Hall–Kier alpha value is -1.89. The zero-order chi connectivity index (χ0) is 16.8. The lowest BCUT2D eigenvalue weighted by molar-refractivity contribution is -0.118. The van der Waals surface area contributed by atoms with Crippen LogP contribution in [0, 0.1) is 0 Å². The van der Waals surface area contributed by atoms with E-state index in [9.17, 15) is 4.79 Å². The summed E-state index contributed by atoms with van der Waals surface area (Å²) in [5, 5.41) is 6.40. The van der Waals surface area contributed by atoms with Gasteiger partial charge in [-0.05, 0) is 36.1 Å². The predicted molar refractivity (Wildman–Crippen MR) is 98.3 cm³/mol. The number of amides is 1. The van der Waals surface area contributed by atoms with Crippen LogP contribution in [0.15, 0.2) is 53.7 Å². The fourth-order valence-corrected chi connectivity index (χ4v) is 3.38. The van der Waals surface area contributed by atoms with Gasteiger partial charge in [0.15, 0.2) is 0 Å². The fourth-order valence-electron chi connectivity index (χ4n) is 2.92. The fraction of sp³-hybridized carbons (Fsp3) is 0.333. The van der Waals surface area contributed by atoms with Gasteiger partial charge in [0.1, 0.15) is 0 Å². The Morgan fingerprint density at radius 2 is 2.33 bits per heavy atom. The van der Waals surface area contributed by atoms with Crippen LogP contribution in [0.3, 0.4) is 0 Å². The normalized spacial score (nSPS) is 18.3. The smallest absolute Gasteiger partial charge is 0.238 e. The van der Waals surface area contributed by atoms with Crippen molar-refractivity contribution >= 4 is 23.4 Å². The van der Waals surface area contributed by atoms with Gasteiger partial charge in [0.25, 0.3) is 0 Å². The Morgan fingerprint density at radius 1 is 1.42 bits per heavy atom. The van der Waals surface area contributed by atoms with Crippen LogP contribution in [0.5, 0.6) is 0 Å². The number of piperazine rings is 1. The van der Waals surface area contributed by atoms with Crippen LogP contribution in [0.1, 0.15) is 11.6 Å². The molecule has 0 radical (unpaired) electrons. The number of anilines is 1. The minimum atomic E-state index is 0.0176. The number of aromatic nitrogens is 1. The van der Waals surface area contributed by atoms with Gasteiger partial charge < -0.3 is 10.6 Å². The zero-order valence-corrected chi connectivity index (χ0v) is 14.6. The van der Waals surface area contributed by atoms with Crippen LogP contribution < -0.4 is 10.6 Å². The van der Waals surface area contributed by atoms with Crippen LogP contribution >= 0.6 is 11.8 Å². The predicted octanol–water partition coefficient (Wildman–Crippen LogP) is 2.39. The highest BCUT2D eigenvalue weighted by molar-refractivity contribution is 7.98. The zero-order valence-electron chi connectivity index (χ0n) is 13.7. The number of carbonyl (C=O) groups excluding carboxylic acids is 1. The van der Waals surface area contributed by atoms with Crippen molar-refractivity contribution in [2.75, 3.05) is 37.8 Å². The molecule has 0 bridgehead atoms. The maximum absolute atomic E-state index is 12.5. The number of carbonyl (C=O) groups is 1. The van der Waals surface area contributed by atoms with Crippen molar-refractivity contribution in [2.45, 2.75) is 10.9 Å². The average Bonchev–Trinajstić information content (AvgIpc) is 2.63. The van der Waals surface area contributed by atoms with E-state index >= 15 is 0 Å². The Balaban J connectivity index is 1.65. The molecule has 2 N–H and O–H groups in total. The quantitative estimate of drug-likeness (QED) is 0.817. The molecule has 1 aliphatic heterocycles. The number of nitrogens with one attached hydrogen (secondary N) is 2. The lowest BCUT2D eigenvalue weighted by Crippen LogP contribution is -2.48. The van der Waals surface area contributed by atoms with Gasteiger partial charge in [-0.2, -0.15) is 0 Å². The Morgan fingerprint density at radius 3 is 3.12 bits per heavy atom. The molecule has 3 rings (SSSR count). The molecule has 1 saturated heterocycles. The Labute approximate surface area is 146 Å². The van der Waals surface area contributed by atoms with E-state index in [1.54, 1.807) is 18.0 Å². The van der Waals surface area contributed by atoms with Crippen molar-refractivity contribution in [1.29, 1.82) is 0 Å². The molecule has 1 aromatic heterocycles. The number of thioether (sulfide) groups is 1. The molecular weight excluding hydrogens is 320 g/mol. The number of rotatable bonds is 5. The van der Waals surface area contributed by atoms with Crippen LogP contribution in [0.2, 0.25) is 0 Å². The van der Waals surface area contributed by atoms with Gasteiger partial charge in [-0.25, -0.2) is 0 Å². The SMILES string of the molecule is CSc1cccc(NC(=O)CN2CCNCC2c2cccnc2)c1. The molecule has 24 heavy (non-hydrogen) atoms. The van der Waals surface area contributed by atoms with Crippen molar-refractivity contribution in [3.8, 4) is 0 Å². The first-order valence-electron chi connectivity index (χ1n) is 8.05. The second-order valence-corrected chi connectivity index (χ2v) is 6.64. The van der Waals surface area contributed by atoms with E-state index in [2.05, 4.69) is 26.6 Å². The van der Waals surface area contributed by atoms with Crippen molar-refractivity contribution in [1.82, 2.24) is 15.2 Å². The molecule has 1 amide bonds. The third-order valence-corrected chi connectivity index (χ3v) is 4.85. The molecule has 1 aliphatic rings. The van der Waals surface area contributed by atoms with E-state index in [4.69, 9.17) is 0 Å². The van der Waals surface area contributed by atoms with Crippen molar-refractivity contribution in [2.24, 2.45) is 0 Å². The first-order chi connectivity index (χ1) is 11.8. The van der Waals surface area contributed by atoms with Crippen molar-refractivity contribution < 1.29 is 4.79 Å². The van der Waals surface area contributed by atoms with E-state index < -0.39 is 0 Å². The highest BCUT2D eigenvalue weighted by Crippen LogP contribution is 2.22. The molecule has 0 spiro atoms. The molecule has 1 aromatic carbocycles. The van der Waals surface area contributed by atoms with Gasteiger partial charge in [-0.15, -0.1) is 11.8 Å². The maximum Gasteiger partial charge on any atom is 0.238 e. The number of pyridine rings is 1. The Bertz CT molecular complexity index is 680. The maximum atomic E-state index is 12.5. The summed E-state index contributed by atoms with van der Waals surface area (Å²) in [6.45, 7) is 2.95. The summed E-state index contributed by atoms with van der Waals surface area (Å²) in [6, 6.07) is 12.1. The molecule has 5 nitrogen and oxygen atoms in total. The monoisotopic (exact) mass is 342 g/mol. The summed E-state index contributed by atoms with van der Waals surface area (Å²) in [5.74, 6) is 0.0176. The molecular formula is C18H22N4OS. The van der Waals surface area contributed by atoms with Gasteiger partial charge in [-0.1, -0.05) is 12.1 Å². The van der Waals surface area contributed by atoms with Crippen LogP contribution in [-0.4, -0.2) is 48.2 Å². The van der Waals surface area contributed by atoms with Crippen LogP contribution in [0.4, 0.5) is 5.69 Å². The van der Waals surface area contributed by atoms with E-state index in [1.165, 1.54) is 0 Å². The molecule has 2 heterocycles. The first kappa shape index (κ1) is 17.0. The third kappa shape index (κ3) is 4.35. The minimum Gasteiger partial charge on any atom is -0.325 e. The second-order valence-electron chi connectivity index (χ2n) is 5.76. The van der Waals surface area contributed by atoms with Crippen LogP contribution in [-0.2, 0) is 4.79 Å². The molecule has 0 saturated carbocycles. The molecule has 2 aromatic rings. The molecule has 0 aliphatic carbocycles. The summed E-state index contributed by atoms with van der Waals surface area (Å²) >= 11 is 1.67. The second kappa shape index (κ2) is 8.28. The number of hydrogen-bond acceptors (Lipinski definition) is 5. The lowest BCUT2D eigenvalue weighted by atomic mass is 10.1. The highest BCUT2D eigenvalue weighted by atomic mass is 32.2. The van der Waals surface area contributed by atoms with Gasteiger partial charge in [0, 0.05) is 48.7 Å². The molecule has 1 atom stereocenters. The minimum absolute atomic E-state index is 0.0176. The average molecular weight is 342 g/mol. The van der Waals surface area contributed by atoms with Crippen molar-refractivity contribution in [3.63, 3.8) is 0 Å². The van der Waals surface area contributed by atoms with E-state index in [0.29, 0.717) is 6.54 Å². The van der Waals surface area contributed by atoms with Gasteiger partial charge in [-0.3, -0.25) is 14.7 Å². The summed E-state index contributed by atoms with van der Waals surface area (Å²) in [7, 11) is 0.